The summed E-state index contributed by atoms with van der Waals surface area (Å²) < 4.78 is 0. The van der Waals surface area contributed by atoms with E-state index in [-0.39, 0.29) is 40.8 Å². The van der Waals surface area contributed by atoms with Crippen molar-refractivity contribution < 1.29 is 40.8 Å². The van der Waals surface area contributed by atoms with E-state index in [1.807, 2.05) is 0 Å². The van der Waals surface area contributed by atoms with Gasteiger partial charge in [-0.1, -0.05) is 90.2 Å². The molecule has 0 heterocycles. The first-order valence-electron chi connectivity index (χ1n) is 8.56. The number of hydrogen-bond donors (Lipinski definition) is 0. The Morgan fingerprint density at radius 1 is 0.474 bits per heavy atom. The van der Waals surface area contributed by atoms with Crippen LogP contribution in [0.15, 0.2) is 12.2 Å². The number of rotatable bonds is 14. The smallest absolute Gasteiger partial charge is 0 e. The molecule has 0 aromatic rings. The molecule has 0 fully saturated rings. The number of allylic oxidation sites excluding steroid dienone is 2. The monoisotopic (exact) mass is 394 g/mol. The maximum Gasteiger partial charge on any atom is 0 e. The van der Waals surface area contributed by atoms with Gasteiger partial charge in [0.1, 0.15) is 0 Å². The fourth-order valence-corrected chi connectivity index (χ4v) is 2.32. The second-order valence-corrected chi connectivity index (χ2v) is 5.58. The zero-order valence-electron chi connectivity index (χ0n) is 13.6. The Morgan fingerprint density at radius 2 is 0.789 bits per heavy atom. The molecule has 0 radical (unpaired) electrons. The van der Waals surface area contributed by atoms with Crippen LogP contribution in [0.1, 0.15) is 104 Å². The molecule has 0 aliphatic rings. The number of hydrogen-bond acceptors (Lipinski definition) is 0. The third-order valence-corrected chi connectivity index (χ3v) is 3.62. The van der Waals surface area contributed by atoms with E-state index in [1.54, 1.807) is 0 Å². The molecule has 0 aliphatic heterocycles. The summed E-state index contributed by atoms with van der Waals surface area (Å²) in [5.74, 6) is 0. The van der Waals surface area contributed by atoms with Crippen LogP contribution in [0.4, 0.5) is 0 Å². The summed E-state index contributed by atoms with van der Waals surface area (Å²) in [4.78, 5) is 0. The van der Waals surface area contributed by atoms with E-state index in [1.165, 1.54) is 89.9 Å². The molecule has 0 bridgehead atoms. The first kappa shape index (κ1) is 22.4. The maximum absolute atomic E-state index is 2.41. The summed E-state index contributed by atoms with van der Waals surface area (Å²) in [6.45, 7) is 4.57. The molecule has 0 unspecified atom stereocenters. The second-order valence-electron chi connectivity index (χ2n) is 5.58. The average molecular weight is 397 g/mol. The molecule has 112 valence electrons. The molecule has 0 saturated heterocycles. The molecule has 0 amide bonds. The van der Waals surface area contributed by atoms with Crippen LogP contribution in [0, 0.1) is 40.8 Å². The third kappa shape index (κ3) is 21.5. The van der Waals surface area contributed by atoms with Gasteiger partial charge >= 0.3 is 0 Å². The Kier molecular flexibility index (Phi) is 25.2. The van der Waals surface area contributed by atoms with Crippen molar-refractivity contribution in [3.8, 4) is 0 Å². The Labute approximate surface area is 155 Å². The van der Waals surface area contributed by atoms with Gasteiger partial charge in [0.25, 0.3) is 0 Å². The Hall–Kier alpha value is 1.09. The van der Waals surface area contributed by atoms with Crippen molar-refractivity contribution in [2.75, 3.05) is 0 Å². The van der Waals surface area contributed by atoms with Crippen molar-refractivity contribution in [1.29, 1.82) is 0 Å². The molecule has 0 N–H and O–H groups in total. The van der Waals surface area contributed by atoms with Gasteiger partial charge in [0.15, 0.2) is 0 Å². The topological polar surface area (TPSA) is 0 Å². The molecule has 0 nitrogen and oxygen atoms in total. The zero-order chi connectivity index (χ0) is 13.3. The van der Waals surface area contributed by atoms with E-state index in [0.717, 1.165) is 0 Å². The Balaban J connectivity index is 0. The van der Waals surface area contributed by atoms with Gasteiger partial charge in [0, 0.05) is 40.8 Å². The third-order valence-electron chi connectivity index (χ3n) is 3.62. The molecule has 0 saturated carbocycles. The number of unbranched alkanes of at least 4 members (excludes halogenated alkanes) is 12. The predicted molar refractivity (Wildman–Crippen MR) is 85.1 cm³/mol. The van der Waals surface area contributed by atoms with Gasteiger partial charge in [0.2, 0.25) is 0 Å². The Morgan fingerprint density at radius 3 is 1.16 bits per heavy atom. The summed E-state index contributed by atoms with van der Waals surface area (Å²) in [6.07, 6.45) is 24.4. The first-order valence-corrected chi connectivity index (χ1v) is 8.56. The van der Waals surface area contributed by atoms with Crippen LogP contribution in [0.2, 0.25) is 0 Å². The minimum atomic E-state index is 0. The standard InChI is InChI=1S/C18H36.Nd/c1-3-5-7-9-11-13-15-17-18-16-14-12-10-8-6-4-2;/h17-18H,3-16H2,1-2H3;/b18-17-;. The predicted octanol–water partition coefficient (Wildman–Crippen LogP) is 7.04. The van der Waals surface area contributed by atoms with E-state index in [2.05, 4.69) is 26.0 Å². The fourth-order valence-electron chi connectivity index (χ4n) is 2.32. The van der Waals surface area contributed by atoms with E-state index in [0.29, 0.717) is 0 Å². The van der Waals surface area contributed by atoms with Crippen LogP contribution in [0.5, 0.6) is 0 Å². The van der Waals surface area contributed by atoms with E-state index in [4.69, 9.17) is 0 Å². The van der Waals surface area contributed by atoms with Crippen molar-refractivity contribution in [1.82, 2.24) is 0 Å². The van der Waals surface area contributed by atoms with E-state index in [9.17, 15) is 0 Å². The summed E-state index contributed by atoms with van der Waals surface area (Å²) >= 11 is 0. The molecular weight excluding hydrogens is 360 g/mol. The van der Waals surface area contributed by atoms with E-state index >= 15 is 0 Å². The van der Waals surface area contributed by atoms with Crippen molar-refractivity contribution in [2.45, 2.75) is 104 Å². The van der Waals surface area contributed by atoms with Crippen LogP contribution in [0.3, 0.4) is 0 Å². The van der Waals surface area contributed by atoms with Gasteiger partial charge in [0.05, 0.1) is 0 Å². The molecule has 0 spiro atoms. The summed E-state index contributed by atoms with van der Waals surface area (Å²) in [7, 11) is 0. The minimum absolute atomic E-state index is 0. The molecular formula is C18H36Nd. The molecule has 19 heavy (non-hydrogen) atoms. The van der Waals surface area contributed by atoms with Crippen molar-refractivity contribution in [3.63, 3.8) is 0 Å². The minimum Gasteiger partial charge on any atom is -0.0885 e. The summed E-state index contributed by atoms with van der Waals surface area (Å²) in [5.41, 5.74) is 0. The van der Waals surface area contributed by atoms with Gasteiger partial charge in [-0.15, -0.1) is 0 Å². The van der Waals surface area contributed by atoms with Crippen LogP contribution in [0.25, 0.3) is 0 Å². The zero-order valence-corrected chi connectivity index (χ0v) is 16.8. The largest absolute Gasteiger partial charge is 0.0885 e. The van der Waals surface area contributed by atoms with Gasteiger partial charge in [-0.05, 0) is 25.7 Å². The van der Waals surface area contributed by atoms with E-state index < -0.39 is 0 Å². The molecule has 0 atom stereocenters. The van der Waals surface area contributed by atoms with Crippen LogP contribution < -0.4 is 0 Å². The SMILES string of the molecule is CCCCCCCC/C=C\CCCCCCCC.[Nd]. The van der Waals surface area contributed by atoms with Gasteiger partial charge in [-0.25, -0.2) is 0 Å². The van der Waals surface area contributed by atoms with Gasteiger partial charge in [-0.2, -0.15) is 0 Å². The molecule has 0 aromatic heterocycles. The van der Waals surface area contributed by atoms with Crippen LogP contribution >= 0.6 is 0 Å². The molecule has 0 aromatic carbocycles. The Bertz CT molecular complexity index is 145. The summed E-state index contributed by atoms with van der Waals surface area (Å²) in [6, 6.07) is 0. The van der Waals surface area contributed by atoms with Gasteiger partial charge in [-0.3, -0.25) is 0 Å². The maximum atomic E-state index is 2.41. The second kappa shape index (κ2) is 21.4. The van der Waals surface area contributed by atoms with Crippen LogP contribution in [-0.4, -0.2) is 0 Å². The average Bonchev–Trinajstić information content (AvgIpc) is 2.39. The van der Waals surface area contributed by atoms with Gasteiger partial charge < -0.3 is 0 Å². The fraction of sp³-hybridized carbons (Fsp3) is 0.889. The molecule has 1 heteroatoms. The van der Waals surface area contributed by atoms with Crippen molar-refractivity contribution >= 4 is 0 Å². The first-order chi connectivity index (χ1) is 8.91. The summed E-state index contributed by atoms with van der Waals surface area (Å²) in [5, 5.41) is 0. The molecule has 0 aliphatic carbocycles. The molecule has 0 rings (SSSR count). The van der Waals surface area contributed by atoms with Crippen molar-refractivity contribution in [3.05, 3.63) is 12.2 Å². The van der Waals surface area contributed by atoms with Crippen LogP contribution in [-0.2, 0) is 0 Å². The van der Waals surface area contributed by atoms with Crippen molar-refractivity contribution in [2.24, 2.45) is 0 Å². The quantitative estimate of drug-likeness (QED) is 0.218. The normalized spacial score (nSPS) is 10.8.